The molecule has 116 valence electrons. The highest BCUT2D eigenvalue weighted by Gasteiger charge is 2.06. The summed E-state index contributed by atoms with van der Waals surface area (Å²) < 4.78 is 5.34. The number of aromatic nitrogens is 1. The van der Waals surface area contributed by atoms with Gasteiger partial charge in [-0.2, -0.15) is 0 Å². The summed E-state index contributed by atoms with van der Waals surface area (Å²) in [7, 11) is 0. The molecule has 0 fully saturated rings. The molecule has 0 saturated carbocycles. The Morgan fingerprint density at radius 1 is 1.32 bits per heavy atom. The summed E-state index contributed by atoms with van der Waals surface area (Å²) in [5, 5.41) is 5.92. The maximum Gasteiger partial charge on any atom is 0.319 e. The van der Waals surface area contributed by atoms with Crippen LogP contribution in [0.1, 0.15) is 18.3 Å². The van der Waals surface area contributed by atoms with E-state index in [0.29, 0.717) is 29.6 Å². The molecule has 5 nitrogen and oxygen atoms in total. The Labute approximate surface area is 134 Å². The number of rotatable bonds is 5. The van der Waals surface area contributed by atoms with Crippen molar-refractivity contribution in [2.45, 2.75) is 20.4 Å². The molecule has 1 aromatic carbocycles. The Hall–Kier alpha value is -2.27. The Morgan fingerprint density at radius 2 is 2.14 bits per heavy atom. The first-order chi connectivity index (χ1) is 10.6. The maximum atomic E-state index is 11.9. The van der Waals surface area contributed by atoms with Gasteiger partial charge in [0.05, 0.1) is 23.9 Å². The number of hydrogen-bond donors (Lipinski definition) is 2. The number of urea groups is 1. The zero-order valence-electron chi connectivity index (χ0n) is 12.5. The zero-order chi connectivity index (χ0) is 15.9. The minimum atomic E-state index is -0.316. The quantitative estimate of drug-likeness (QED) is 0.882. The minimum Gasteiger partial charge on any atom is -0.492 e. The predicted octanol–water partition coefficient (Wildman–Crippen LogP) is 3.76. The minimum absolute atomic E-state index is 0.316. The third-order valence-corrected chi connectivity index (χ3v) is 3.16. The van der Waals surface area contributed by atoms with Gasteiger partial charge in [0.25, 0.3) is 0 Å². The molecule has 0 radical (unpaired) electrons. The summed E-state index contributed by atoms with van der Waals surface area (Å²) >= 11 is 6.08. The monoisotopic (exact) mass is 319 g/mol. The lowest BCUT2D eigenvalue weighted by Crippen LogP contribution is -2.28. The van der Waals surface area contributed by atoms with Crippen LogP contribution in [0.3, 0.4) is 0 Å². The molecule has 6 heteroatoms. The van der Waals surface area contributed by atoms with Gasteiger partial charge in [-0.3, -0.25) is 4.98 Å². The molecule has 0 spiro atoms. The third-order valence-electron chi connectivity index (χ3n) is 2.87. The summed E-state index contributed by atoms with van der Waals surface area (Å²) in [5.74, 6) is 0.596. The number of benzene rings is 1. The lowest BCUT2D eigenvalue weighted by atomic mass is 10.3. The maximum absolute atomic E-state index is 11.9. The largest absolute Gasteiger partial charge is 0.492 e. The van der Waals surface area contributed by atoms with Crippen molar-refractivity contribution >= 4 is 23.3 Å². The molecular formula is C16H18ClN3O2. The van der Waals surface area contributed by atoms with Crippen LogP contribution < -0.4 is 15.4 Å². The van der Waals surface area contributed by atoms with E-state index in [1.54, 1.807) is 18.2 Å². The van der Waals surface area contributed by atoms with Crippen molar-refractivity contribution in [3.05, 3.63) is 52.8 Å². The molecule has 2 rings (SSSR count). The van der Waals surface area contributed by atoms with Crippen molar-refractivity contribution in [2.75, 3.05) is 11.9 Å². The molecule has 0 aliphatic heterocycles. The number of ether oxygens (including phenoxy) is 1. The molecule has 2 aromatic rings. The van der Waals surface area contributed by atoms with E-state index in [2.05, 4.69) is 15.6 Å². The topological polar surface area (TPSA) is 63.2 Å². The lowest BCUT2D eigenvalue weighted by Gasteiger charge is -2.10. The van der Waals surface area contributed by atoms with Crippen LogP contribution in [0.25, 0.3) is 0 Å². The van der Waals surface area contributed by atoms with Crippen LogP contribution in [0.2, 0.25) is 5.02 Å². The highest BCUT2D eigenvalue weighted by molar-refractivity contribution is 6.32. The lowest BCUT2D eigenvalue weighted by molar-refractivity contribution is 0.251. The van der Waals surface area contributed by atoms with Gasteiger partial charge in [-0.1, -0.05) is 17.7 Å². The molecule has 0 aliphatic carbocycles. The van der Waals surface area contributed by atoms with Crippen molar-refractivity contribution < 1.29 is 9.53 Å². The molecule has 1 aromatic heterocycles. The van der Waals surface area contributed by atoms with Crippen LogP contribution in [0.4, 0.5) is 10.5 Å². The van der Waals surface area contributed by atoms with Crippen LogP contribution in [-0.2, 0) is 6.54 Å². The average molecular weight is 320 g/mol. The van der Waals surface area contributed by atoms with Crippen LogP contribution in [0.5, 0.6) is 5.75 Å². The van der Waals surface area contributed by atoms with E-state index in [4.69, 9.17) is 16.3 Å². The Kier molecular flexibility index (Phi) is 5.61. The van der Waals surface area contributed by atoms with E-state index in [-0.39, 0.29) is 6.03 Å². The van der Waals surface area contributed by atoms with Gasteiger partial charge in [-0.15, -0.1) is 0 Å². The van der Waals surface area contributed by atoms with Gasteiger partial charge >= 0.3 is 6.03 Å². The first kappa shape index (κ1) is 16.1. The number of pyridine rings is 1. The van der Waals surface area contributed by atoms with Gasteiger partial charge in [-0.05, 0) is 44.2 Å². The third kappa shape index (κ3) is 4.63. The number of hydrogen-bond acceptors (Lipinski definition) is 3. The molecule has 0 atom stereocenters. The number of halogens is 1. The molecule has 22 heavy (non-hydrogen) atoms. The van der Waals surface area contributed by atoms with Gasteiger partial charge in [0.1, 0.15) is 5.75 Å². The summed E-state index contributed by atoms with van der Waals surface area (Å²) in [5.41, 5.74) is 2.32. The second-order valence-corrected chi connectivity index (χ2v) is 5.06. The SMILES string of the molecule is CCOc1ccc(NC(=O)NCc2cccc(C)n2)cc1Cl. The van der Waals surface area contributed by atoms with E-state index in [1.807, 2.05) is 32.0 Å². The highest BCUT2D eigenvalue weighted by Crippen LogP contribution is 2.27. The summed E-state index contributed by atoms with van der Waals surface area (Å²) in [6.07, 6.45) is 0. The van der Waals surface area contributed by atoms with Gasteiger partial charge < -0.3 is 15.4 Å². The molecule has 0 unspecified atom stereocenters. The first-order valence-electron chi connectivity index (χ1n) is 6.98. The number of aryl methyl sites for hydroxylation is 1. The van der Waals surface area contributed by atoms with Crippen molar-refractivity contribution in [1.82, 2.24) is 10.3 Å². The highest BCUT2D eigenvalue weighted by atomic mass is 35.5. The van der Waals surface area contributed by atoms with Gasteiger partial charge in [0, 0.05) is 11.4 Å². The van der Waals surface area contributed by atoms with Gasteiger partial charge in [0.15, 0.2) is 0 Å². The standard InChI is InChI=1S/C16H18ClN3O2/c1-3-22-15-8-7-12(9-14(15)17)20-16(21)18-10-13-6-4-5-11(2)19-13/h4-9H,3,10H2,1-2H3,(H2,18,20,21). The summed E-state index contributed by atoms with van der Waals surface area (Å²) in [6, 6.07) is 10.5. The van der Waals surface area contributed by atoms with Crippen molar-refractivity contribution in [3.63, 3.8) is 0 Å². The second-order valence-electron chi connectivity index (χ2n) is 4.66. The predicted molar refractivity (Wildman–Crippen MR) is 87.5 cm³/mol. The first-order valence-corrected chi connectivity index (χ1v) is 7.36. The number of carbonyl (C=O) groups excluding carboxylic acids is 1. The molecule has 2 amide bonds. The average Bonchev–Trinajstić information content (AvgIpc) is 2.48. The Morgan fingerprint density at radius 3 is 2.82 bits per heavy atom. The second kappa shape index (κ2) is 7.66. The van der Waals surface area contributed by atoms with Crippen LogP contribution in [0, 0.1) is 6.92 Å². The molecule has 0 bridgehead atoms. The summed E-state index contributed by atoms with van der Waals surface area (Å²) in [6.45, 7) is 4.69. The summed E-state index contributed by atoms with van der Waals surface area (Å²) in [4.78, 5) is 16.2. The number of nitrogens with zero attached hydrogens (tertiary/aromatic N) is 1. The van der Waals surface area contributed by atoms with Crippen LogP contribution in [-0.4, -0.2) is 17.6 Å². The number of amides is 2. The fraction of sp³-hybridized carbons (Fsp3) is 0.250. The van der Waals surface area contributed by atoms with Gasteiger partial charge in [-0.25, -0.2) is 4.79 Å². The van der Waals surface area contributed by atoms with Crippen LogP contribution >= 0.6 is 11.6 Å². The molecule has 0 aliphatic rings. The van der Waals surface area contributed by atoms with E-state index in [0.717, 1.165) is 11.4 Å². The van der Waals surface area contributed by atoms with E-state index in [1.165, 1.54) is 0 Å². The van der Waals surface area contributed by atoms with Gasteiger partial charge in [0.2, 0.25) is 0 Å². The van der Waals surface area contributed by atoms with Crippen LogP contribution in [0.15, 0.2) is 36.4 Å². The molecule has 2 N–H and O–H groups in total. The fourth-order valence-corrected chi connectivity index (χ4v) is 2.13. The van der Waals surface area contributed by atoms with Crippen molar-refractivity contribution in [3.8, 4) is 5.75 Å². The fourth-order valence-electron chi connectivity index (χ4n) is 1.90. The van der Waals surface area contributed by atoms with E-state index in [9.17, 15) is 4.79 Å². The Bertz CT molecular complexity index is 662. The zero-order valence-corrected chi connectivity index (χ0v) is 13.3. The van der Waals surface area contributed by atoms with E-state index < -0.39 is 0 Å². The Balaban J connectivity index is 1.90. The number of carbonyl (C=O) groups is 1. The molecule has 1 heterocycles. The normalized spacial score (nSPS) is 10.1. The van der Waals surface area contributed by atoms with Crippen molar-refractivity contribution in [1.29, 1.82) is 0 Å². The molecular weight excluding hydrogens is 302 g/mol. The number of anilines is 1. The smallest absolute Gasteiger partial charge is 0.319 e. The van der Waals surface area contributed by atoms with Crippen molar-refractivity contribution in [2.24, 2.45) is 0 Å². The molecule has 0 saturated heterocycles. The van der Waals surface area contributed by atoms with E-state index >= 15 is 0 Å². The number of nitrogens with one attached hydrogen (secondary N) is 2.